The highest BCUT2D eigenvalue weighted by Crippen LogP contribution is 2.53. The van der Waals surface area contributed by atoms with Gasteiger partial charge in [-0.1, -0.05) is 0 Å². The number of carbonyl (C=O) groups excluding carboxylic acids is 1. The van der Waals surface area contributed by atoms with E-state index in [4.69, 9.17) is 23.2 Å². The van der Waals surface area contributed by atoms with Crippen molar-refractivity contribution >= 4 is 34.9 Å². The maximum Gasteiger partial charge on any atom is 0.417 e. The van der Waals surface area contributed by atoms with E-state index in [-0.39, 0.29) is 11.8 Å². The average molecular weight is 368 g/mol. The first-order valence-corrected chi connectivity index (χ1v) is 7.89. The molecule has 2 aliphatic rings. The molecule has 0 N–H and O–H groups in total. The lowest BCUT2D eigenvalue weighted by Gasteiger charge is -2.35. The lowest BCUT2D eigenvalue weighted by Crippen LogP contribution is -2.49. The molecule has 2 heterocycles. The zero-order valence-electron chi connectivity index (χ0n) is 12.0. The van der Waals surface area contributed by atoms with E-state index in [2.05, 4.69) is 4.98 Å². The molecule has 4 nitrogen and oxygen atoms in total. The lowest BCUT2D eigenvalue weighted by atomic mass is 10.2. The van der Waals surface area contributed by atoms with E-state index in [0.29, 0.717) is 38.4 Å². The van der Waals surface area contributed by atoms with Gasteiger partial charge in [0.15, 0.2) is 0 Å². The van der Waals surface area contributed by atoms with E-state index >= 15 is 0 Å². The van der Waals surface area contributed by atoms with E-state index in [0.717, 1.165) is 12.3 Å². The van der Waals surface area contributed by atoms with Gasteiger partial charge in [0.1, 0.15) is 10.2 Å². The molecule has 1 aromatic heterocycles. The van der Waals surface area contributed by atoms with Gasteiger partial charge in [-0.15, -0.1) is 23.2 Å². The first-order chi connectivity index (χ1) is 10.7. The third-order valence-electron chi connectivity index (χ3n) is 4.11. The zero-order chi connectivity index (χ0) is 16.8. The first kappa shape index (κ1) is 16.6. The fraction of sp³-hybridized carbons (Fsp3) is 0.571. The molecule has 9 heteroatoms. The number of rotatable bonds is 2. The molecule has 1 aliphatic carbocycles. The Kier molecular flexibility index (Phi) is 4.13. The van der Waals surface area contributed by atoms with Gasteiger partial charge in [-0.2, -0.15) is 13.2 Å². The van der Waals surface area contributed by atoms with E-state index < -0.39 is 16.1 Å². The second-order valence-corrected chi connectivity index (χ2v) is 7.28. The second kappa shape index (κ2) is 5.70. The fourth-order valence-corrected chi connectivity index (χ4v) is 3.09. The van der Waals surface area contributed by atoms with Gasteiger partial charge in [-0.3, -0.25) is 4.79 Å². The van der Waals surface area contributed by atoms with Gasteiger partial charge < -0.3 is 9.80 Å². The number of nitrogens with zero attached hydrogens (tertiary/aromatic N) is 3. The van der Waals surface area contributed by atoms with Crippen molar-refractivity contribution in [1.82, 2.24) is 9.88 Å². The van der Waals surface area contributed by atoms with Crippen LogP contribution in [-0.4, -0.2) is 46.3 Å². The van der Waals surface area contributed by atoms with Crippen LogP contribution in [0.15, 0.2) is 18.3 Å². The molecule has 1 unspecified atom stereocenters. The molecule has 23 heavy (non-hydrogen) atoms. The molecule has 3 rings (SSSR count). The average Bonchev–Trinajstić information content (AvgIpc) is 3.15. The number of carbonyl (C=O) groups is 1. The van der Waals surface area contributed by atoms with Crippen LogP contribution >= 0.6 is 23.2 Å². The highest BCUT2D eigenvalue weighted by molar-refractivity contribution is 6.52. The summed E-state index contributed by atoms with van der Waals surface area (Å²) in [5.74, 6) is 0.0668. The standard InChI is InChI=1S/C14H14Cl2F3N3O/c15-13(16)7-10(13)12(23)22-5-3-21(4-6-22)11-2-1-9(8-20-11)14(17,18)19/h1-2,8,10H,3-7H2. The largest absolute Gasteiger partial charge is 0.417 e. The van der Waals surface area contributed by atoms with Crippen molar-refractivity contribution in [2.24, 2.45) is 5.92 Å². The number of amides is 1. The Bertz CT molecular complexity index is 598. The minimum atomic E-state index is -4.39. The summed E-state index contributed by atoms with van der Waals surface area (Å²) in [6.45, 7) is 1.96. The number of pyridine rings is 1. The molecular formula is C14H14Cl2F3N3O. The van der Waals surface area contributed by atoms with Gasteiger partial charge in [0.25, 0.3) is 0 Å². The van der Waals surface area contributed by atoms with Crippen LogP contribution in [0.4, 0.5) is 19.0 Å². The van der Waals surface area contributed by atoms with E-state index in [1.165, 1.54) is 6.07 Å². The van der Waals surface area contributed by atoms with Crippen LogP contribution in [0.1, 0.15) is 12.0 Å². The van der Waals surface area contributed by atoms with Crippen molar-refractivity contribution in [3.63, 3.8) is 0 Å². The van der Waals surface area contributed by atoms with E-state index in [1.54, 1.807) is 4.90 Å². The Hall–Kier alpha value is -1.21. The Balaban J connectivity index is 1.58. The summed E-state index contributed by atoms with van der Waals surface area (Å²) >= 11 is 11.8. The quantitative estimate of drug-likeness (QED) is 0.754. The summed E-state index contributed by atoms with van der Waals surface area (Å²) < 4.78 is 36.6. The molecule has 0 radical (unpaired) electrons. The molecule has 1 amide bonds. The van der Waals surface area contributed by atoms with Crippen molar-refractivity contribution in [3.8, 4) is 0 Å². The predicted molar refractivity (Wildman–Crippen MR) is 80.6 cm³/mol. The molecule has 1 aromatic rings. The van der Waals surface area contributed by atoms with Crippen molar-refractivity contribution < 1.29 is 18.0 Å². The Labute approximate surface area is 141 Å². The normalized spacial score (nSPS) is 23.8. The molecule has 1 saturated carbocycles. The number of aromatic nitrogens is 1. The third-order valence-corrected chi connectivity index (χ3v) is 4.95. The van der Waals surface area contributed by atoms with Gasteiger partial charge in [0.2, 0.25) is 5.91 Å². The van der Waals surface area contributed by atoms with Crippen molar-refractivity contribution in [2.45, 2.75) is 16.9 Å². The van der Waals surface area contributed by atoms with Gasteiger partial charge in [0, 0.05) is 32.4 Å². The summed E-state index contributed by atoms with van der Waals surface area (Å²) in [6, 6.07) is 2.36. The van der Waals surface area contributed by atoms with Crippen LogP contribution < -0.4 is 4.90 Å². The molecule has 1 saturated heterocycles. The number of hydrogen-bond donors (Lipinski definition) is 0. The molecule has 0 aromatic carbocycles. The highest BCUT2D eigenvalue weighted by Gasteiger charge is 2.57. The number of alkyl halides is 5. The maximum atomic E-state index is 12.5. The second-order valence-electron chi connectivity index (χ2n) is 5.73. The monoisotopic (exact) mass is 367 g/mol. The Morgan fingerprint density at radius 1 is 1.22 bits per heavy atom. The Morgan fingerprint density at radius 2 is 1.83 bits per heavy atom. The summed E-state index contributed by atoms with van der Waals surface area (Å²) in [7, 11) is 0. The zero-order valence-corrected chi connectivity index (χ0v) is 13.5. The minimum Gasteiger partial charge on any atom is -0.353 e. The summed E-state index contributed by atoms with van der Waals surface area (Å²) in [4.78, 5) is 19.6. The minimum absolute atomic E-state index is 0.0602. The first-order valence-electron chi connectivity index (χ1n) is 7.13. The van der Waals surface area contributed by atoms with Gasteiger partial charge >= 0.3 is 6.18 Å². The van der Waals surface area contributed by atoms with Crippen LogP contribution in [0.2, 0.25) is 0 Å². The van der Waals surface area contributed by atoms with Gasteiger partial charge in [-0.25, -0.2) is 4.98 Å². The molecule has 126 valence electrons. The van der Waals surface area contributed by atoms with E-state index in [9.17, 15) is 18.0 Å². The van der Waals surface area contributed by atoms with Crippen molar-refractivity contribution in [3.05, 3.63) is 23.9 Å². The number of piperazine rings is 1. The van der Waals surface area contributed by atoms with Crippen LogP contribution in [0, 0.1) is 5.92 Å². The number of hydrogen-bond acceptors (Lipinski definition) is 3. The smallest absolute Gasteiger partial charge is 0.353 e. The van der Waals surface area contributed by atoms with Crippen LogP contribution in [0.25, 0.3) is 0 Å². The third kappa shape index (κ3) is 3.50. The van der Waals surface area contributed by atoms with Crippen LogP contribution in [-0.2, 0) is 11.0 Å². The van der Waals surface area contributed by atoms with Crippen LogP contribution in [0.3, 0.4) is 0 Å². The van der Waals surface area contributed by atoms with E-state index in [1.807, 2.05) is 4.90 Å². The summed E-state index contributed by atoms with van der Waals surface area (Å²) in [6.07, 6.45) is -3.10. The number of anilines is 1. The van der Waals surface area contributed by atoms with Crippen molar-refractivity contribution in [2.75, 3.05) is 31.1 Å². The summed E-state index contributed by atoms with van der Waals surface area (Å²) in [5.41, 5.74) is -0.774. The van der Waals surface area contributed by atoms with Crippen molar-refractivity contribution in [1.29, 1.82) is 0 Å². The SMILES string of the molecule is O=C(C1CC1(Cl)Cl)N1CCN(c2ccc(C(F)(F)F)cn2)CC1. The maximum absolute atomic E-state index is 12.5. The van der Waals surface area contributed by atoms with Gasteiger partial charge in [0.05, 0.1) is 11.5 Å². The molecular weight excluding hydrogens is 354 g/mol. The van der Waals surface area contributed by atoms with Gasteiger partial charge in [-0.05, 0) is 18.6 Å². The molecule has 2 fully saturated rings. The molecule has 0 bridgehead atoms. The summed E-state index contributed by atoms with van der Waals surface area (Å²) in [5, 5.41) is 0. The predicted octanol–water partition coefficient (Wildman–Crippen LogP) is 2.94. The molecule has 1 atom stereocenters. The highest BCUT2D eigenvalue weighted by atomic mass is 35.5. The van der Waals surface area contributed by atoms with Crippen LogP contribution in [0.5, 0.6) is 0 Å². The lowest BCUT2D eigenvalue weighted by molar-refractivity contribution is -0.138. The Morgan fingerprint density at radius 3 is 2.26 bits per heavy atom. The molecule has 0 spiro atoms. The fourth-order valence-electron chi connectivity index (χ4n) is 2.60. The number of halogens is 5. The molecule has 1 aliphatic heterocycles. The topological polar surface area (TPSA) is 36.4 Å².